The standard InChI is InChI=1S/C10H9ClO3/c1-9-7-4-2-3-5-8(7)12-10(9,6-11)14-13-9/h2-5H,6H2,1H3. The first-order valence-electron chi connectivity index (χ1n) is 4.43. The number of para-hydroxylation sites is 1. The molecule has 1 aromatic carbocycles. The van der Waals surface area contributed by atoms with Crippen LogP contribution in [0.15, 0.2) is 24.3 Å². The Hall–Kier alpha value is -0.770. The van der Waals surface area contributed by atoms with Crippen molar-refractivity contribution in [2.75, 3.05) is 5.88 Å². The molecule has 0 spiro atoms. The SMILES string of the molecule is CC12OOC1(CCl)Oc1ccccc12. The van der Waals surface area contributed by atoms with E-state index in [-0.39, 0.29) is 5.88 Å². The van der Waals surface area contributed by atoms with Crippen molar-refractivity contribution in [1.29, 1.82) is 0 Å². The van der Waals surface area contributed by atoms with Gasteiger partial charge in [-0.05, 0) is 13.0 Å². The van der Waals surface area contributed by atoms with Gasteiger partial charge in [-0.15, -0.1) is 11.6 Å². The molecule has 0 saturated carbocycles. The van der Waals surface area contributed by atoms with E-state index in [2.05, 4.69) is 0 Å². The summed E-state index contributed by atoms with van der Waals surface area (Å²) in [6, 6.07) is 7.71. The lowest BCUT2D eigenvalue weighted by atomic mass is 9.89. The molecule has 3 nitrogen and oxygen atoms in total. The maximum Gasteiger partial charge on any atom is 0.289 e. The minimum Gasteiger partial charge on any atom is -0.454 e. The highest BCUT2D eigenvalue weighted by Gasteiger charge is 2.69. The van der Waals surface area contributed by atoms with Gasteiger partial charge in [-0.1, -0.05) is 18.2 Å². The fourth-order valence-corrected chi connectivity index (χ4v) is 2.28. The molecular weight excluding hydrogens is 204 g/mol. The zero-order valence-corrected chi connectivity index (χ0v) is 8.38. The fourth-order valence-electron chi connectivity index (χ4n) is 1.93. The summed E-state index contributed by atoms with van der Waals surface area (Å²) in [5, 5.41) is 0. The topological polar surface area (TPSA) is 27.7 Å². The zero-order valence-electron chi connectivity index (χ0n) is 7.62. The summed E-state index contributed by atoms with van der Waals surface area (Å²) in [6.45, 7) is 1.92. The van der Waals surface area contributed by atoms with Gasteiger partial charge in [0.05, 0.1) is 5.88 Å². The molecule has 0 amide bonds. The molecule has 2 atom stereocenters. The van der Waals surface area contributed by atoms with Gasteiger partial charge in [-0.25, -0.2) is 4.89 Å². The largest absolute Gasteiger partial charge is 0.454 e. The number of fused-ring (bicyclic) bond motifs is 3. The van der Waals surface area contributed by atoms with E-state index in [1.165, 1.54) is 0 Å². The quantitative estimate of drug-likeness (QED) is 0.528. The molecule has 2 aliphatic rings. The first-order valence-corrected chi connectivity index (χ1v) is 4.97. The number of alkyl halides is 1. The van der Waals surface area contributed by atoms with Crippen molar-refractivity contribution in [1.82, 2.24) is 0 Å². The summed E-state index contributed by atoms with van der Waals surface area (Å²) in [5.74, 6) is 0.198. The summed E-state index contributed by atoms with van der Waals surface area (Å²) in [6.07, 6.45) is 0. The highest BCUT2D eigenvalue weighted by Crippen LogP contribution is 2.57. The third-order valence-corrected chi connectivity index (χ3v) is 3.27. The van der Waals surface area contributed by atoms with Crippen LogP contribution in [0.4, 0.5) is 0 Å². The zero-order chi connectivity index (χ0) is 9.81. The minimum atomic E-state index is -0.835. The predicted molar refractivity (Wildman–Crippen MR) is 50.0 cm³/mol. The number of hydrogen-bond donors (Lipinski definition) is 0. The van der Waals surface area contributed by atoms with Gasteiger partial charge in [0.1, 0.15) is 5.75 Å². The Labute approximate surface area is 86.5 Å². The Morgan fingerprint density at radius 2 is 2.07 bits per heavy atom. The molecule has 0 N–H and O–H groups in total. The van der Waals surface area contributed by atoms with Crippen LogP contribution in [0, 0.1) is 0 Å². The van der Waals surface area contributed by atoms with E-state index in [0.29, 0.717) is 0 Å². The van der Waals surface area contributed by atoms with Gasteiger partial charge >= 0.3 is 0 Å². The van der Waals surface area contributed by atoms with Crippen LogP contribution in [-0.2, 0) is 15.4 Å². The number of ether oxygens (including phenoxy) is 1. The average molecular weight is 213 g/mol. The fraction of sp³-hybridized carbons (Fsp3) is 0.400. The van der Waals surface area contributed by atoms with Gasteiger partial charge in [0, 0.05) is 5.56 Å². The Morgan fingerprint density at radius 3 is 2.71 bits per heavy atom. The molecule has 2 aliphatic heterocycles. The van der Waals surface area contributed by atoms with Crippen LogP contribution in [0.5, 0.6) is 5.75 Å². The maximum absolute atomic E-state index is 5.84. The third-order valence-electron chi connectivity index (χ3n) is 2.92. The molecule has 2 heterocycles. The molecule has 3 rings (SSSR count). The minimum absolute atomic E-state index is 0.248. The monoisotopic (exact) mass is 212 g/mol. The second-order valence-corrected chi connectivity index (χ2v) is 3.95. The predicted octanol–water partition coefficient (Wildman–Crippen LogP) is 2.19. The van der Waals surface area contributed by atoms with Gasteiger partial charge < -0.3 is 4.74 Å². The van der Waals surface area contributed by atoms with Gasteiger partial charge in [0.2, 0.25) is 0 Å². The van der Waals surface area contributed by atoms with Crippen LogP contribution in [0.25, 0.3) is 0 Å². The van der Waals surface area contributed by atoms with Gasteiger partial charge in [0.25, 0.3) is 5.79 Å². The van der Waals surface area contributed by atoms with Crippen molar-refractivity contribution < 1.29 is 14.5 Å². The highest BCUT2D eigenvalue weighted by atomic mass is 35.5. The summed E-state index contributed by atoms with van der Waals surface area (Å²) >= 11 is 5.84. The Balaban J connectivity index is 2.17. The lowest BCUT2D eigenvalue weighted by Crippen LogP contribution is -2.64. The molecule has 4 heteroatoms. The summed E-state index contributed by atoms with van der Waals surface area (Å²) < 4.78 is 5.67. The van der Waals surface area contributed by atoms with Crippen molar-refractivity contribution in [3.63, 3.8) is 0 Å². The second kappa shape index (κ2) is 2.42. The lowest BCUT2D eigenvalue weighted by Gasteiger charge is -2.46. The van der Waals surface area contributed by atoms with E-state index in [4.69, 9.17) is 26.1 Å². The average Bonchev–Trinajstić information content (AvgIpc) is 2.38. The van der Waals surface area contributed by atoms with Crippen molar-refractivity contribution in [2.24, 2.45) is 0 Å². The van der Waals surface area contributed by atoms with Crippen LogP contribution in [0.2, 0.25) is 0 Å². The van der Waals surface area contributed by atoms with E-state index in [0.717, 1.165) is 11.3 Å². The summed E-state index contributed by atoms with van der Waals surface area (Å²) in [5.41, 5.74) is 0.428. The Morgan fingerprint density at radius 1 is 1.29 bits per heavy atom. The molecule has 0 aromatic heterocycles. The third kappa shape index (κ3) is 0.726. The van der Waals surface area contributed by atoms with Crippen molar-refractivity contribution >= 4 is 11.6 Å². The molecule has 0 aliphatic carbocycles. The number of benzene rings is 1. The Bertz CT molecular complexity index is 391. The smallest absolute Gasteiger partial charge is 0.289 e. The lowest BCUT2D eigenvalue weighted by molar-refractivity contribution is -0.585. The molecule has 0 bridgehead atoms. The van der Waals surface area contributed by atoms with Crippen molar-refractivity contribution in [3.05, 3.63) is 29.8 Å². The normalized spacial score (nSPS) is 38.1. The number of rotatable bonds is 1. The molecular formula is C10H9ClO3. The molecule has 1 fully saturated rings. The first kappa shape index (κ1) is 8.53. The highest BCUT2D eigenvalue weighted by molar-refractivity contribution is 6.18. The van der Waals surface area contributed by atoms with Crippen LogP contribution in [-0.4, -0.2) is 11.7 Å². The first-order chi connectivity index (χ1) is 6.72. The van der Waals surface area contributed by atoms with Gasteiger partial charge in [-0.3, -0.25) is 0 Å². The van der Waals surface area contributed by atoms with E-state index in [1.54, 1.807) is 0 Å². The molecule has 1 aromatic rings. The molecule has 2 unspecified atom stereocenters. The van der Waals surface area contributed by atoms with Crippen LogP contribution >= 0.6 is 11.6 Å². The number of halogens is 1. The maximum atomic E-state index is 5.84. The summed E-state index contributed by atoms with van der Waals surface area (Å²) in [4.78, 5) is 10.2. The van der Waals surface area contributed by atoms with E-state index in [9.17, 15) is 0 Å². The molecule has 14 heavy (non-hydrogen) atoms. The van der Waals surface area contributed by atoms with Crippen molar-refractivity contribution in [2.45, 2.75) is 18.3 Å². The van der Waals surface area contributed by atoms with E-state index in [1.807, 2.05) is 31.2 Å². The van der Waals surface area contributed by atoms with Crippen LogP contribution < -0.4 is 4.74 Å². The van der Waals surface area contributed by atoms with Crippen LogP contribution in [0.1, 0.15) is 12.5 Å². The molecule has 0 radical (unpaired) electrons. The van der Waals surface area contributed by atoms with Gasteiger partial charge in [-0.2, -0.15) is 4.89 Å². The second-order valence-electron chi connectivity index (χ2n) is 3.68. The Kier molecular flexibility index (Phi) is 1.48. The van der Waals surface area contributed by atoms with Crippen molar-refractivity contribution in [3.8, 4) is 5.75 Å². The summed E-state index contributed by atoms with van der Waals surface area (Å²) in [7, 11) is 0. The molecule has 1 saturated heterocycles. The van der Waals surface area contributed by atoms with E-state index < -0.39 is 11.4 Å². The number of hydrogen-bond acceptors (Lipinski definition) is 3. The van der Waals surface area contributed by atoms with E-state index >= 15 is 0 Å². The molecule has 74 valence electrons. The van der Waals surface area contributed by atoms with Crippen LogP contribution in [0.3, 0.4) is 0 Å². The van der Waals surface area contributed by atoms with Gasteiger partial charge in [0.15, 0.2) is 5.60 Å².